The first kappa shape index (κ1) is 14.6. The van der Waals surface area contributed by atoms with E-state index in [1.54, 1.807) is 10.4 Å². The molecule has 6 heteroatoms. The number of nitrogens with two attached hydrogens (primary N) is 1. The lowest BCUT2D eigenvalue weighted by atomic mass is 10.3. The first-order valence-electron chi connectivity index (χ1n) is 6.50. The highest BCUT2D eigenvalue weighted by atomic mass is 35.5. The van der Waals surface area contributed by atoms with E-state index in [4.69, 9.17) is 17.3 Å². The molecule has 19 heavy (non-hydrogen) atoms. The van der Waals surface area contributed by atoms with Crippen LogP contribution in [0, 0.1) is 5.92 Å². The molecule has 0 heterocycles. The maximum absolute atomic E-state index is 12.6. The molecule has 2 rings (SSSR count). The van der Waals surface area contributed by atoms with Crippen LogP contribution in [0.4, 0.5) is 5.69 Å². The van der Waals surface area contributed by atoms with Crippen LogP contribution in [-0.4, -0.2) is 25.8 Å². The minimum Gasteiger partial charge on any atom is -0.398 e. The van der Waals surface area contributed by atoms with Crippen molar-refractivity contribution in [2.45, 2.75) is 31.1 Å². The van der Waals surface area contributed by atoms with Gasteiger partial charge in [-0.15, -0.1) is 0 Å². The molecular weight excluding hydrogens is 284 g/mol. The summed E-state index contributed by atoms with van der Waals surface area (Å²) in [6.07, 6.45) is 3.02. The zero-order valence-electron chi connectivity index (χ0n) is 11.0. The summed E-state index contributed by atoms with van der Waals surface area (Å²) in [5, 5.41) is 0.445. The Balaban J connectivity index is 2.31. The van der Waals surface area contributed by atoms with Crippen LogP contribution < -0.4 is 5.73 Å². The van der Waals surface area contributed by atoms with E-state index in [9.17, 15) is 8.42 Å². The van der Waals surface area contributed by atoms with Crippen molar-refractivity contribution in [2.75, 3.05) is 18.8 Å². The lowest BCUT2D eigenvalue weighted by molar-refractivity contribution is 0.396. The number of halogens is 1. The van der Waals surface area contributed by atoms with Crippen LogP contribution in [0.15, 0.2) is 23.1 Å². The molecule has 0 atom stereocenters. The van der Waals surface area contributed by atoms with Crippen LogP contribution in [0.25, 0.3) is 0 Å². The van der Waals surface area contributed by atoms with Gasteiger partial charge in [0.2, 0.25) is 10.0 Å². The summed E-state index contributed by atoms with van der Waals surface area (Å²) in [5.74, 6) is 0.509. The Morgan fingerprint density at radius 3 is 2.63 bits per heavy atom. The highest BCUT2D eigenvalue weighted by Gasteiger charge is 2.32. The Bertz CT molecular complexity index is 556. The summed E-state index contributed by atoms with van der Waals surface area (Å²) >= 11 is 5.81. The largest absolute Gasteiger partial charge is 0.398 e. The first-order valence-corrected chi connectivity index (χ1v) is 8.32. The van der Waals surface area contributed by atoms with Gasteiger partial charge in [-0.25, -0.2) is 8.42 Å². The highest BCUT2D eigenvalue weighted by Crippen LogP contribution is 2.33. The van der Waals surface area contributed by atoms with Crippen LogP contribution in [0.3, 0.4) is 0 Å². The molecule has 1 aliphatic rings. The number of hydrogen-bond donors (Lipinski definition) is 1. The molecule has 0 radical (unpaired) electrons. The third-order valence-corrected chi connectivity index (χ3v) is 5.40. The summed E-state index contributed by atoms with van der Waals surface area (Å²) in [6.45, 7) is 3.10. The molecule has 0 aliphatic heterocycles. The highest BCUT2D eigenvalue weighted by molar-refractivity contribution is 7.89. The number of benzene rings is 1. The number of nitrogens with zero attached hydrogens (tertiary/aromatic N) is 1. The maximum atomic E-state index is 12.6. The average molecular weight is 303 g/mol. The third kappa shape index (κ3) is 3.41. The van der Waals surface area contributed by atoms with Gasteiger partial charge in [-0.05, 0) is 43.4 Å². The van der Waals surface area contributed by atoms with Gasteiger partial charge in [0.05, 0.1) is 5.69 Å². The Morgan fingerprint density at radius 1 is 1.42 bits per heavy atom. The van der Waals surface area contributed by atoms with Crippen LogP contribution in [0.5, 0.6) is 0 Å². The number of nitrogen functional groups attached to an aromatic ring is 1. The van der Waals surface area contributed by atoms with Gasteiger partial charge < -0.3 is 5.73 Å². The zero-order chi connectivity index (χ0) is 14.0. The number of sulfonamides is 1. The molecule has 0 unspecified atom stereocenters. The Labute approximate surface area is 119 Å². The Morgan fingerprint density at radius 2 is 2.11 bits per heavy atom. The predicted molar refractivity (Wildman–Crippen MR) is 77.6 cm³/mol. The zero-order valence-corrected chi connectivity index (χ0v) is 12.5. The van der Waals surface area contributed by atoms with Crippen molar-refractivity contribution in [2.24, 2.45) is 5.92 Å². The van der Waals surface area contributed by atoms with Crippen molar-refractivity contribution < 1.29 is 8.42 Å². The van der Waals surface area contributed by atoms with Crippen LogP contribution in [-0.2, 0) is 10.0 Å². The molecule has 1 aromatic rings. The van der Waals surface area contributed by atoms with E-state index in [0.29, 0.717) is 24.0 Å². The van der Waals surface area contributed by atoms with Gasteiger partial charge in [-0.2, -0.15) is 4.31 Å². The smallest absolute Gasteiger partial charge is 0.245 e. The molecular formula is C13H19ClN2O2S. The maximum Gasteiger partial charge on any atom is 0.245 e. The normalized spacial score (nSPS) is 15.9. The fourth-order valence-electron chi connectivity index (χ4n) is 2.04. The van der Waals surface area contributed by atoms with E-state index >= 15 is 0 Å². The van der Waals surface area contributed by atoms with Crippen LogP contribution >= 0.6 is 11.6 Å². The van der Waals surface area contributed by atoms with E-state index in [0.717, 1.165) is 19.3 Å². The van der Waals surface area contributed by atoms with Gasteiger partial charge in [0.1, 0.15) is 4.90 Å². The molecule has 0 aromatic heterocycles. The monoisotopic (exact) mass is 302 g/mol. The molecule has 2 N–H and O–H groups in total. The molecule has 0 bridgehead atoms. The molecule has 1 fully saturated rings. The van der Waals surface area contributed by atoms with Crippen molar-refractivity contribution >= 4 is 27.3 Å². The summed E-state index contributed by atoms with van der Waals surface area (Å²) < 4.78 is 26.8. The molecule has 4 nitrogen and oxygen atoms in total. The van der Waals surface area contributed by atoms with E-state index in [-0.39, 0.29) is 10.6 Å². The third-order valence-electron chi connectivity index (χ3n) is 3.22. The van der Waals surface area contributed by atoms with E-state index in [1.165, 1.54) is 12.1 Å². The average Bonchev–Trinajstić information content (AvgIpc) is 3.11. The molecule has 1 aliphatic carbocycles. The standard InChI is InChI=1S/C13H19ClN2O2S/c1-2-7-16(9-10-3-4-10)19(17,18)13-6-5-11(14)8-12(13)15/h5-6,8,10H,2-4,7,9,15H2,1H3. The van der Waals surface area contributed by atoms with Crippen molar-refractivity contribution in [3.8, 4) is 0 Å². The van der Waals surface area contributed by atoms with Crippen LogP contribution in [0.1, 0.15) is 26.2 Å². The van der Waals surface area contributed by atoms with Crippen molar-refractivity contribution in [3.63, 3.8) is 0 Å². The van der Waals surface area contributed by atoms with Crippen molar-refractivity contribution in [1.29, 1.82) is 0 Å². The molecule has 0 saturated heterocycles. The van der Waals surface area contributed by atoms with Gasteiger partial charge in [0.25, 0.3) is 0 Å². The molecule has 1 aromatic carbocycles. The second-order valence-electron chi connectivity index (χ2n) is 4.99. The fraction of sp³-hybridized carbons (Fsp3) is 0.538. The van der Waals surface area contributed by atoms with E-state index in [1.807, 2.05) is 6.92 Å². The summed E-state index contributed by atoms with van der Waals surface area (Å²) in [4.78, 5) is 0.158. The van der Waals surface area contributed by atoms with Gasteiger partial charge in [-0.3, -0.25) is 0 Å². The quantitative estimate of drug-likeness (QED) is 0.822. The SMILES string of the molecule is CCCN(CC1CC1)S(=O)(=O)c1ccc(Cl)cc1N. The minimum atomic E-state index is -3.52. The van der Waals surface area contributed by atoms with Crippen molar-refractivity contribution in [3.05, 3.63) is 23.2 Å². The number of rotatable bonds is 6. The summed E-state index contributed by atoms with van der Waals surface area (Å²) in [6, 6.07) is 4.53. The topological polar surface area (TPSA) is 63.4 Å². The number of anilines is 1. The fourth-order valence-corrected chi connectivity index (χ4v) is 3.93. The molecule has 0 amide bonds. The van der Waals surface area contributed by atoms with Gasteiger partial charge in [-0.1, -0.05) is 18.5 Å². The Hall–Kier alpha value is -0.780. The second kappa shape index (κ2) is 5.69. The Kier molecular flexibility index (Phi) is 4.38. The lowest BCUT2D eigenvalue weighted by Gasteiger charge is -2.22. The molecule has 0 spiro atoms. The minimum absolute atomic E-state index is 0.158. The molecule has 106 valence electrons. The van der Waals surface area contributed by atoms with Gasteiger partial charge in [0.15, 0.2) is 0 Å². The van der Waals surface area contributed by atoms with Crippen molar-refractivity contribution in [1.82, 2.24) is 4.31 Å². The summed E-state index contributed by atoms with van der Waals surface area (Å²) in [5.41, 5.74) is 6.01. The second-order valence-corrected chi connectivity index (χ2v) is 7.33. The summed E-state index contributed by atoms with van der Waals surface area (Å²) in [7, 11) is -3.52. The van der Waals surface area contributed by atoms with Crippen LogP contribution in [0.2, 0.25) is 5.02 Å². The van der Waals surface area contributed by atoms with E-state index < -0.39 is 10.0 Å². The van der Waals surface area contributed by atoms with E-state index in [2.05, 4.69) is 0 Å². The van der Waals surface area contributed by atoms with Gasteiger partial charge in [0, 0.05) is 18.1 Å². The van der Waals surface area contributed by atoms with Gasteiger partial charge >= 0.3 is 0 Å². The number of hydrogen-bond acceptors (Lipinski definition) is 3. The first-order chi connectivity index (χ1) is 8.95. The lowest BCUT2D eigenvalue weighted by Crippen LogP contribution is -2.34. The predicted octanol–water partition coefficient (Wildman–Crippen LogP) is 2.73. The molecule has 1 saturated carbocycles.